The van der Waals surface area contributed by atoms with E-state index in [1.165, 1.54) is 30.2 Å². The Balaban J connectivity index is 1.44. The molecular weight excluding hydrogens is 410 g/mol. The Hall–Kier alpha value is -3.24. The Kier molecular flexibility index (Phi) is 5.54. The van der Waals surface area contributed by atoms with Crippen LogP contribution in [0.25, 0.3) is 11.0 Å². The molecule has 1 amide bonds. The fraction of sp³-hybridized carbons (Fsp3) is 0.105. The van der Waals surface area contributed by atoms with Crippen LogP contribution >= 0.6 is 23.1 Å². The van der Waals surface area contributed by atoms with Crippen molar-refractivity contribution >= 4 is 45.2 Å². The average molecular weight is 425 g/mol. The number of ether oxygens (including phenoxy) is 1. The van der Waals surface area contributed by atoms with Crippen molar-refractivity contribution in [3.8, 4) is 5.75 Å². The molecule has 0 fully saturated rings. The maximum Gasteiger partial charge on any atom is 0.271 e. The zero-order chi connectivity index (χ0) is 20.2. The van der Waals surface area contributed by atoms with Gasteiger partial charge in [-0.05, 0) is 24.3 Å². The van der Waals surface area contributed by atoms with Crippen molar-refractivity contribution in [3.05, 3.63) is 70.1 Å². The quantitative estimate of drug-likeness (QED) is 0.360. The van der Waals surface area contributed by atoms with Crippen molar-refractivity contribution in [2.45, 2.75) is 10.1 Å². The van der Waals surface area contributed by atoms with Crippen LogP contribution in [0, 0.1) is 0 Å². The van der Waals surface area contributed by atoms with Crippen LogP contribution in [0.2, 0.25) is 0 Å². The number of benzene rings is 2. The lowest BCUT2D eigenvalue weighted by Gasteiger charge is -2.06. The third-order valence-electron chi connectivity index (χ3n) is 3.98. The predicted octanol–water partition coefficient (Wildman–Crippen LogP) is 3.33. The highest BCUT2D eigenvalue weighted by molar-refractivity contribution is 8.00. The van der Waals surface area contributed by atoms with Gasteiger partial charge >= 0.3 is 0 Å². The van der Waals surface area contributed by atoms with Gasteiger partial charge in [-0.2, -0.15) is 0 Å². The number of nitrogens with zero attached hydrogens (tertiary/aromatic N) is 3. The molecule has 2 N–H and O–H groups in total. The summed E-state index contributed by atoms with van der Waals surface area (Å²) in [5, 5.41) is 11.1. The molecule has 0 aliphatic carbocycles. The lowest BCUT2D eigenvalue weighted by atomic mass is 10.2. The van der Waals surface area contributed by atoms with Gasteiger partial charge in [0.2, 0.25) is 5.13 Å². The van der Waals surface area contributed by atoms with Crippen LogP contribution < -0.4 is 15.6 Å². The Morgan fingerprint density at radius 2 is 1.97 bits per heavy atom. The fourth-order valence-corrected chi connectivity index (χ4v) is 4.29. The second-order valence-corrected chi connectivity index (χ2v) is 8.05. The molecule has 0 saturated carbocycles. The number of amides is 1. The van der Waals surface area contributed by atoms with E-state index in [9.17, 15) is 9.59 Å². The van der Waals surface area contributed by atoms with Crippen LogP contribution in [0.15, 0.2) is 57.7 Å². The summed E-state index contributed by atoms with van der Waals surface area (Å²) < 4.78 is 5.82. The summed E-state index contributed by atoms with van der Waals surface area (Å²) in [6, 6.07) is 14.3. The molecule has 0 aliphatic rings. The van der Waals surface area contributed by atoms with Crippen molar-refractivity contribution in [1.29, 1.82) is 0 Å². The molecule has 0 saturated heterocycles. The molecule has 0 bridgehead atoms. The maximum absolute atomic E-state index is 12.4. The second-order valence-electron chi connectivity index (χ2n) is 5.85. The van der Waals surface area contributed by atoms with Crippen LogP contribution in [0.3, 0.4) is 0 Å². The van der Waals surface area contributed by atoms with Crippen LogP contribution in [0.5, 0.6) is 5.75 Å². The van der Waals surface area contributed by atoms with Gasteiger partial charge in [0.15, 0.2) is 4.34 Å². The van der Waals surface area contributed by atoms with E-state index < -0.39 is 0 Å². The fourth-order valence-electron chi connectivity index (χ4n) is 2.61. The number of hydrogen-bond acceptors (Lipinski definition) is 8. The molecule has 0 atom stereocenters. The van der Waals surface area contributed by atoms with Gasteiger partial charge in [-0.15, -0.1) is 10.2 Å². The number of hydrogen-bond donors (Lipinski definition) is 2. The number of aromatic amines is 1. The monoisotopic (exact) mass is 425 g/mol. The maximum atomic E-state index is 12.4. The van der Waals surface area contributed by atoms with Gasteiger partial charge in [-0.1, -0.05) is 47.4 Å². The molecule has 2 aromatic carbocycles. The molecule has 29 heavy (non-hydrogen) atoms. The number of nitrogens with one attached hydrogen (secondary N) is 2. The first-order valence-corrected chi connectivity index (χ1v) is 10.3. The molecule has 2 aromatic heterocycles. The standard InChI is InChI=1S/C19H15N5O3S2/c1-27-15-9-5-2-6-11(15)16(25)22-18-23-24-19(29-18)28-10-14-17(26)21-13-8-4-3-7-12(13)20-14/h2-9H,10H2,1H3,(H,21,26)(H,22,23,25). The van der Waals surface area contributed by atoms with E-state index in [1.54, 1.807) is 24.3 Å². The molecule has 2 heterocycles. The minimum Gasteiger partial charge on any atom is -0.496 e. The lowest BCUT2D eigenvalue weighted by molar-refractivity contribution is 0.102. The van der Waals surface area contributed by atoms with E-state index in [0.29, 0.717) is 37.7 Å². The smallest absolute Gasteiger partial charge is 0.271 e. The van der Waals surface area contributed by atoms with E-state index in [-0.39, 0.29) is 11.5 Å². The minimum absolute atomic E-state index is 0.231. The first-order valence-electron chi connectivity index (χ1n) is 8.52. The topological polar surface area (TPSA) is 110 Å². The third-order valence-corrected chi connectivity index (χ3v) is 5.96. The number of carbonyl (C=O) groups excluding carboxylic acids is 1. The summed E-state index contributed by atoms with van der Waals surface area (Å²) in [6.07, 6.45) is 0. The highest BCUT2D eigenvalue weighted by Crippen LogP contribution is 2.28. The van der Waals surface area contributed by atoms with Crippen molar-refractivity contribution in [2.24, 2.45) is 0 Å². The summed E-state index contributed by atoms with van der Waals surface area (Å²) in [4.78, 5) is 31.9. The molecule has 4 aromatic rings. The van der Waals surface area contributed by atoms with E-state index in [0.717, 1.165) is 5.52 Å². The van der Waals surface area contributed by atoms with Gasteiger partial charge in [-0.25, -0.2) is 4.98 Å². The summed E-state index contributed by atoms with van der Waals surface area (Å²) in [7, 11) is 1.51. The van der Waals surface area contributed by atoms with E-state index in [1.807, 2.05) is 24.3 Å². The second kappa shape index (κ2) is 8.41. The van der Waals surface area contributed by atoms with Crippen LogP contribution in [-0.4, -0.2) is 33.2 Å². The van der Waals surface area contributed by atoms with E-state index in [4.69, 9.17) is 4.74 Å². The zero-order valence-corrected chi connectivity index (χ0v) is 16.8. The number of carbonyl (C=O) groups is 1. The third kappa shape index (κ3) is 4.28. The van der Waals surface area contributed by atoms with Gasteiger partial charge in [0.05, 0.1) is 23.7 Å². The van der Waals surface area contributed by atoms with Crippen molar-refractivity contribution in [2.75, 3.05) is 12.4 Å². The molecule has 0 radical (unpaired) electrons. The predicted molar refractivity (Wildman–Crippen MR) is 113 cm³/mol. The molecule has 146 valence electrons. The number of aromatic nitrogens is 4. The Morgan fingerprint density at radius 1 is 1.17 bits per heavy atom. The van der Waals surface area contributed by atoms with Crippen LogP contribution in [-0.2, 0) is 5.75 Å². The number of para-hydroxylation sites is 3. The van der Waals surface area contributed by atoms with E-state index >= 15 is 0 Å². The molecular formula is C19H15N5O3S2. The lowest BCUT2D eigenvalue weighted by Crippen LogP contribution is -2.14. The van der Waals surface area contributed by atoms with Gasteiger partial charge in [-0.3, -0.25) is 14.9 Å². The minimum atomic E-state index is -0.331. The highest BCUT2D eigenvalue weighted by Gasteiger charge is 2.15. The molecule has 0 unspecified atom stereocenters. The summed E-state index contributed by atoms with van der Waals surface area (Å²) in [6.45, 7) is 0. The van der Waals surface area contributed by atoms with Crippen molar-refractivity contribution in [1.82, 2.24) is 20.2 Å². The molecule has 0 aliphatic heterocycles. The van der Waals surface area contributed by atoms with Crippen molar-refractivity contribution < 1.29 is 9.53 Å². The number of thioether (sulfide) groups is 1. The van der Waals surface area contributed by atoms with Gasteiger partial charge in [0.25, 0.3) is 11.5 Å². The van der Waals surface area contributed by atoms with Gasteiger partial charge < -0.3 is 9.72 Å². The van der Waals surface area contributed by atoms with Gasteiger partial charge in [0, 0.05) is 5.75 Å². The highest BCUT2D eigenvalue weighted by atomic mass is 32.2. The van der Waals surface area contributed by atoms with Gasteiger partial charge in [0.1, 0.15) is 11.4 Å². The summed E-state index contributed by atoms with van der Waals surface area (Å²) in [5.41, 5.74) is 2.01. The Bertz CT molecular complexity index is 1240. The SMILES string of the molecule is COc1ccccc1C(=O)Nc1nnc(SCc2nc3ccccc3[nH]c2=O)s1. The van der Waals surface area contributed by atoms with Crippen molar-refractivity contribution in [3.63, 3.8) is 0 Å². The molecule has 8 nitrogen and oxygen atoms in total. The largest absolute Gasteiger partial charge is 0.496 e. The Morgan fingerprint density at radius 3 is 2.83 bits per heavy atom. The van der Waals surface area contributed by atoms with Crippen LogP contribution in [0.4, 0.5) is 5.13 Å². The zero-order valence-electron chi connectivity index (χ0n) is 15.2. The number of anilines is 1. The van der Waals surface area contributed by atoms with E-state index in [2.05, 4.69) is 25.5 Å². The number of fused-ring (bicyclic) bond motifs is 1. The summed E-state index contributed by atoms with van der Waals surface area (Å²) in [5.74, 6) is 0.489. The Labute approximate surface area is 173 Å². The first-order chi connectivity index (χ1) is 14.1. The molecule has 4 rings (SSSR count). The molecule has 0 spiro atoms. The first kappa shape index (κ1) is 19.1. The number of H-pyrrole nitrogens is 1. The number of rotatable bonds is 6. The summed E-state index contributed by atoms with van der Waals surface area (Å²) >= 11 is 2.56. The number of methoxy groups -OCH3 is 1. The molecule has 10 heteroatoms. The average Bonchev–Trinajstić information content (AvgIpc) is 3.19. The normalized spacial score (nSPS) is 10.8. The van der Waals surface area contributed by atoms with Crippen LogP contribution in [0.1, 0.15) is 16.1 Å².